The van der Waals surface area contributed by atoms with Crippen LogP contribution in [0.15, 0.2) is 30.5 Å². The first-order valence-corrected chi connectivity index (χ1v) is 9.94. The second kappa shape index (κ2) is 6.57. The van der Waals surface area contributed by atoms with Crippen molar-refractivity contribution in [2.75, 3.05) is 24.6 Å². The number of rotatable bonds is 3. The van der Waals surface area contributed by atoms with Crippen LogP contribution in [0.2, 0.25) is 5.02 Å². The van der Waals surface area contributed by atoms with Crippen LogP contribution in [-0.2, 0) is 16.3 Å². The standard InChI is InChI=1S/C16H18ClN3O3S/c1-2-15-14(16(21)19-6-8-24(22,23)9-7-19)11-18-20(15)13-5-3-4-12(17)10-13/h3-5,10-11H,2,6-9H2,1H3. The van der Waals surface area contributed by atoms with Crippen LogP contribution in [0, 0.1) is 0 Å². The van der Waals surface area contributed by atoms with Gasteiger partial charge in [-0.2, -0.15) is 5.10 Å². The minimum absolute atomic E-state index is 0.0165. The summed E-state index contributed by atoms with van der Waals surface area (Å²) in [4.78, 5) is 14.3. The van der Waals surface area contributed by atoms with Crippen molar-refractivity contribution < 1.29 is 13.2 Å². The van der Waals surface area contributed by atoms with E-state index in [1.54, 1.807) is 27.9 Å². The monoisotopic (exact) mass is 367 g/mol. The lowest BCUT2D eigenvalue weighted by molar-refractivity contribution is 0.0769. The molecule has 6 nitrogen and oxygen atoms in total. The van der Waals surface area contributed by atoms with Gasteiger partial charge < -0.3 is 4.90 Å². The number of hydrogen-bond acceptors (Lipinski definition) is 4. The summed E-state index contributed by atoms with van der Waals surface area (Å²) in [6.45, 7) is 2.41. The lowest BCUT2D eigenvalue weighted by atomic mass is 10.1. The summed E-state index contributed by atoms with van der Waals surface area (Å²) in [7, 11) is -3.02. The Labute approximate surface area is 145 Å². The van der Waals surface area contributed by atoms with Crippen molar-refractivity contribution in [3.8, 4) is 5.69 Å². The summed E-state index contributed by atoms with van der Waals surface area (Å²) in [5.41, 5.74) is 2.09. The molecule has 1 aromatic carbocycles. The SMILES string of the molecule is CCc1c(C(=O)N2CCS(=O)(=O)CC2)cnn1-c1cccc(Cl)c1. The molecule has 8 heteroatoms. The van der Waals surface area contributed by atoms with Crippen molar-refractivity contribution >= 4 is 27.3 Å². The Morgan fingerprint density at radius 2 is 2.00 bits per heavy atom. The fourth-order valence-corrected chi connectivity index (χ4v) is 4.19. The third-order valence-electron chi connectivity index (χ3n) is 4.12. The van der Waals surface area contributed by atoms with Crippen LogP contribution >= 0.6 is 11.6 Å². The van der Waals surface area contributed by atoms with E-state index in [1.165, 1.54) is 0 Å². The fraction of sp³-hybridized carbons (Fsp3) is 0.375. The molecule has 2 heterocycles. The van der Waals surface area contributed by atoms with Gasteiger partial charge in [0.2, 0.25) is 0 Å². The molecular weight excluding hydrogens is 350 g/mol. The average molecular weight is 368 g/mol. The van der Waals surface area contributed by atoms with Crippen molar-refractivity contribution in [3.63, 3.8) is 0 Å². The van der Waals surface area contributed by atoms with Crippen molar-refractivity contribution in [2.45, 2.75) is 13.3 Å². The van der Waals surface area contributed by atoms with Crippen molar-refractivity contribution in [2.24, 2.45) is 0 Å². The van der Waals surface area contributed by atoms with Crippen LogP contribution in [0.1, 0.15) is 23.0 Å². The molecule has 0 aliphatic carbocycles. The number of hydrogen-bond donors (Lipinski definition) is 0. The van der Waals surface area contributed by atoms with Gasteiger partial charge in [0, 0.05) is 18.1 Å². The summed E-state index contributed by atoms with van der Waals surface area (Å²) >= 11 is 6.03. The number of amides is 1. The maximum Gasteiger partial charge on any atom is 0.257 e. The Morgan fingerprint density at radius 1 is 1.29 bits per heavy atom. The highest BCUT2D eigenvalue weighted by Gasteiger charge is 2.28. The smallest absolute Gasteiger partial charge is 0.257 e. The van der Waals surface area contributed by atoms with E-state index >= 15 is 0 Å². The Hall–Kier alpha value is -1.86. The van der Waals surface area contributed by atoms with Crippen LogP contribution in [0.4, 0.5) is 0 Å². The largest absolute Gasteiger partial charge is 0.337 e. The molecule has 2 aromatic rings. The highest BCUT2D eigenvalue weighted by molar-refractivity contribution is 7.91. The Morgan fingerprint density at radius 3 is 2.62 bits per heavy atom. The van der Waals surface area contributed by atoms with E-state index in [4.69, 9.17) is 11.6 Å². The molecule has 0 N–H and O–H groups in total. The second-order valence-corrected chi connectivity index (χ2v) is 8.43. The minimum Gasteiger partial charge on any atom is -0.337 e. The molecule has 1 fully saturated rings. The van der Waals surface area contributed by atoms with Crippen molar-refractivity contribution in [1.29, 1.82) is 0 Å². The van der Waals surface area contributed by atoms with Gasteiger partial charge in [0.05, 0.1) is 34.6 Å². The Bertz CT molecular complexity index is 862. The molecule has 0 saturated carbocycles. The predicted octanol–water partition coefficient (Wildman–Crippen LogP) is 1.96. The molecule has 1 saturated heterocycles. The molecular formula is C16H18ClN3O3S. The van der Waals surface area contributed by atoms with Gasteiger partial charge in [-0.25, -0.2) is 13.1 Å². The molecule has 0 atom stereocenters. The fourth-order valence-electron chi connectivity index (χ4n) is 2.81. The van der Waals surface area contributed by atoms with Crippen molar-refractivity contribution in [3.05, 3.63) is 46.7 Å². The van der Waals surface area contributed by atoms with E-state index in [0.717, 1.165) is 11.4 Å². The molecule has 1 aromatic heterocycles. The molecule has 0 bridgehead atoms. The van der Waals surface area contributed by atoms with Gasteiger partial charge in [-0.15, -0.1) is 0 Å². The summed E-state index contributed by atoms with van der Waals surface area (Å²) in [5, 5.41) is 4.93. The Balaban J connectivity index is 1.91. The van der Waals surface area contributed by atoms with E-state index in [2.05, 4.69) is 5.10 Å². The molecule has 0 unspecified atom stereocenters. The van der Waals surface area contributed by atoms with E-state index in [1.807, 2.05) is 19.1 Å². The third kappa shape index (κ3) is 3.32. The second-order valence-electron chi connectivity index (χ2n) is 5.69. The quantitative estimate of drug-likeness (QED) is 0.831. The maximum atomic E-state index is 12.8. The first-order chi connectivity index (χ1) is 11.4. The normalized spacial score (nSPS) is 17.0. The van der Waals surface area contributed by atoms with E-state index in [9.17, 15) is 13.2 Å². The molecule has 3 rings (SSSR count). The van der Waals surface area contributed by atoms with Crippen molar-refractivity contribution in [1.82, 2.24) is 14.7 Å². The average Bonchev–Trinajstić information content (AvgIpc) is 2.98. The zero-order chi connectivity index (χ0) is 17.3. The lowest BCUT2D eigenvalue weighted by Crippen LogP contribution is -2.43. The highest BCUT2D eigenvalue weighted by Crippen LogP contribution is 2.20. The highest BCUT2D eigenvalue weighted by atomic mass is 35.5. The van der Waals surface area contributed by atoms with Gasteiger partial charge in [0.25, 0.3) is 5.91 Å². The van der Waals surface area contributed by atoms with Gasteiger partial charge in [-0.05, 0) is 24.6 Å². The molecule has 0 radical (unpaired) electrons. The van der Waals surface area contributed by atoms with Crippen LogP contribution in [-0.4, -0.2) is 53.6 Å². The topological polar surface area (TPSA) is 72.3 Å². The molecule has 1 aliphatic rings. The van der Waals surface area contributed by atoms with Gasteiger partial charge in [-0.3, -0.25) is 4.79 Å². The van der Waals surface area contributed by atoms with E-state index in [0.29, 0.717) is 17.0 Å². The number of aromatic nitrogens is 2. The molecule has 1 aliphatic heterocycles. The number of carbonyl (C=O) groups is 1. The summed E-state index contributed by atoms with van der Waals surface area (Å²) in [6.07, 6.45) is 2.17. The van der Waals surface area contributed by atoms with Crippen LogP contribution in [0.3, 0.4) is 0 Å². The van der Waals surface area contributed by atoms with Crippen LogP contribution in [0.25, 0.3) is 5.69 Å². The number of halogens is 1. The van der Waals surface area contributed by atoms with Gasteiger partial charge in [-0.1, -0.05) is 24.6 Å². The number of carbonyl (C=O) groups excluding carboxylic acids is 1. The number of sulfone groups is 1. The van der Waals surface area contributed by atoms with E-state index in [-0.39, 0.29) is 30.5 Å². The number of benzene rings is 1. The first kappa shape index (κ1) is 17.0. The summed E-state index contributed by atoms with van der Waals surface area (Å²) < 4.78 is 24.8. The van der Waals surface area contributed by atoms with Gasteiger partial charge >= 0.3 is 0 Å². The zero-order valence-electron chi connectivity index (χ0n) is 13.3. The lowest BCUT2D eigenvalue weighted by Gasteiger charge is -2.26. The Kier molecular flexibility index (Phi) is 4.64. The molecule has 128 valence electrons. The summed E-state index contributed by atoms with van der Waals surface area (Å²) in [6, 6.07) is 7.27. The predicted molar refractivity (Wildman–Crippen MR) is 92.5 cm³/mol. The summed E-state index contributed by atoms with van der Waals surface area (Å²) in [5.74, 6) is -0.138. The minimum atomic E-state index is -3.02. The molecule has 24 heavy (non-hydrogen) atoms. The van der Waals surface area contributed by atoms with Crippen LogP contribution in [0.5, 0.6) is 0 Å². The zero-order valence-corrected chi connectivity index (χ0v) is 14.8. The maximum absolute atomic E-state index is 12.8. The first-order valence-electron chi connectivity index (χ1n) is 7.74. The van der Waals surface area contributed by atoms with Crippen LogP contribution < -0.4 is 0 Å². The van der Waals surface area contributed by atoms with Gasteiger partial charge in [0.1, 0.15) is 0 Å². The molecule has 1 amide bonds. The number of nitrogens with zero attached hydrogens (tertiary/aromatic N) is 3. The van der Waals surface area contributed by atoms with E-state index < -0.39 is 9.84 Å². The third-order valence-corrected chi connectivity index (χ3v) is 5.96. The van der Waals surface area contributed by atoms with Gasteiger partial charge in [0.15, 0.2) is 9.84 Å². The molecule has 0 spiro atoms.